The van der Waals surface area contributed by atoms with Gasteiger partial charge in [0.05, 0.1) is 31.8 Å². The van der Waals surface area contributed by atoms with Crippen molar-refractivity contribution in [3.05, 3.63) is 59.7 Å². The second kappa shape index (κ2) is 13.9. The monoisotopic (exact) mass is 537 g/mol. The normalized spacial score (nSPS) is 25.8. The van der Waals surface area contributed by atoms with E-state index in [0.29, 0.717) is 17.1 Å². The third-order valence-electron chi connectivity index (χ3n) is 6.35. The number of hydrogen-bond donors (Lipinski definition) is 6. The molecule has 1 aliphatic heterocycles. The van der Waals surface area contributed by atoms with Gasteiger partial charge in [0.1, 0.15) is 35.9 Å². The lowest BCUT2D eigenvalue weighted by atomic mass is 10.0. The van der Waals surface area contributed by atoms with Crippen LogP contribution in [-0.2, 0) is 20.7 Å². The van der Waals surface area contributed by atoms with Gasteiger partial charge in [-0.15, -0.1) is 0 Å². The van der Waals surface area contributed by atoms with Crippen molar-refractivity contribution in [3.63, 3.8) is 0 Å². The summed E-state index contributed by atoms with van der Waals surface area (Å²) in [6, 6.07) is 13.4. The molecule has 0 radical (unpaired) electrons. The van der Waals surface area contributed by atoms with Gasteiger partial charge < -0.3 is 45.1 Å². The van der Waals surface area contributed by atoms with Crippen molar-refractivity contribution in [1.82, 2.24) is 5.32 Å². The number of ether oxygens (including phenoxy) is 3. The smallest absolute Gasteiger partial charge is 0.224 e. The van der Waals surface area contributed by atoms with E-state index in [2.05, 4.69) is 5.32 Å². The summed E-state index contributed by atoms with van der Waals surface area (Å²) in [4.78, 5) is 12.8. The van der Waals surface area contributed by atoms with Gasteiger partial charge in [-0.05, 0) is 43.2 Å². The number of aliphatic hydroxyl groups excluding tert-OH is 5. The Bertz CT molecular complexity index is 1000. The third-order valence-corrected chi connectivity index (χ3v) is 6.35. The molecule has 0 aromatic heterocycles. The van der Waals surface area contributed by atoms with Crippen LogP contribution in [0.2, 0.25) is 0 Å². The maximum absolute atomic E-state index is 14.0. The molecule has 0 aliphatic carbocycles. The van der Waals surface area contributed by atoms with Crippen molar-refractivity contribution in [2.24, 2.45) is 0 Å². The van der Waals surface area contributed by atoms with Gasteiger partial charge in [0, 0.05) is 0 Å². The van der Waals surface area contributed by atoms with E-state index in [1.807, 2.05) is 31.2 Å². The molecule has 210 valence electrons. The minimum atomic E-state index is -2.02. The molecular weight excluding hydrogens is 501 g/mol. The van der Waals surface area contributed by atoms with E-state index in [9.17, 15) is 34.7 Å². The second-order valence-electron chi connectivity index (χ2n) is 9.36. The van der Waals surface area contributed by atoms with Gasteiger partial charge in [-0.2, -0.15) is 0 Å². The zero-order valence-corrected chi connectivity index (χ0v) is 21.3. The Balaban J connectivity index is 1.60. The molecule has 1 saturated heterocycles. The number of hydrogen-bond acceptors (Lipinski definition) is 9. The first kappa shape index (κ1) is 29.9. The molecule has 0 bridgehead atoms. The van der Waals surface area contributed by atoms with Crippen molar-refractivity contribution >= 4 is 5.91 Å². The van der Waals surface area contributed by atoms with E-state index in [1.165, 1.54) is 0 Å². The molecule has 2 aromatic carbocycles. The number of halogens is 1. The summed E-state index contributed by atoms with van der Waals surface area (Å²) in [7, 11) is 0. The molecule has 1 heterocycles. The summed E-state index contributed by atoms with van der Waals surface area (Å²) in [5.41, 5.74) is 1.78. The van der Waals surface area contributed by atoms with Gasteiger partial charge >= 0.3 is 0 Å². The topological polar surface area (TPSA) is 158 Å². The summed E-state index contributed by atoms with van der Waals surface area (Å²) >= 11 is 0. The molecular formula is C27H36FNO9. The fraction of sp³-hybridized carbons (Fsp3) is 0.519. The number of alkyl halides is 1. The molecule has 0 saturated carbocycles. The number of aryl methyl sites for hydroxylation is 1. The lowest BCUT2D eigenvalue weighted by molar-refractivity contribution is -0.293. The Morgan fingerprint density at radius 1 is 1.05 bits per heavy atom. The van der Waals surface area contributed by atoms with Gasteiger partial charge in [0.2, 0.25) is 5.91 Å². The van der Waals surface area contributed by atoms with Crippen molar-refractivity contribution in [2.75, 3.05) is 13.2 Å². The van der Waals surface area contributed by atoms with E-state index < -0.39 is 68.1 Å². The quantitative estimate of drug-likeness (QED) is 0.230. The largest absolute Gasteiger partial charge is 0.457 e. The Labute approximate surface area is 220 Å². The number of nitrogens with one attached hydrogen (secondary N) is 1. The Kier molecular flexibility index (Phi) is 11.0. The molecule has 6 N–H and O–H groups in total. The summed E-state index contributed by atoms with van der Waals surface area (Å²) in [5.74, 6) is 0.797. The molecule has 38 heavy (non-hydrogen) atoms. The van der Waals surface area contributed by atoms with Crippen LogP contribution in [0.5, 0.6) is 11.5 Å². The van der Waals surface area contributed by atoms with Gasteiger partial charge in [0.25, 0.3) is 0 Å². The highest BCUT2D eigenvalue weighted by atomic mass is 19.1. The second-order valence-corrected chi connectivity index (χ2v) is 9.36. The Morgan fingerprint density at radius 3 is 2.24 bits per heavy atom. The predicted octanol–water partition coefficient (Wildman–Crippen LogP) is 0.740. The van der Waals surface area contributed by atoms with Crippen LogP contribution in [-0.4, -0.2) is 93.7 Å². The average molecular weight is 538 g/mol. The average Bonchev–Trinajstić information content (AvgIpc) is 2.92. The van der Waals surface area contributed by atoms with Crippen LogP contribution in [0.1, 0.15) is 24.5 Å². The van der Waals surface area contributed by atoms with Crippen LogP contribution in [0.3, 0.4) is 0 Å². The summed E-state index contributed by atoms with van der Waals surface area (Å²) in [6.07, 6.45) is -11.1. The zero-order chi connectivity index (χ0) is 27.8. The predicted molar refractivity (Wildman–Crippen MR) is 134 cm³/mol. The minimum absolute atomic E-state index is 0.0480. The van der Waals surface area contributed by atoms with Crippen molar-refractivity contribution in [3.8, 4) is 11.5 Å². The van der Waals surface area contributed by atoms with Crippen LogP contribution < -0.4 is 10.1 Å². The SMILES string of the molecule is CC[C@@H](O)[C@@H](O)[C@H](CO[C@H]1OC(CO)[C@@H](F)[C@H](O)C1O)NC(=O)Cc1ccc(Oc2ccc(C)cc2)cc1. The van der Waals surface area contributed by atoms with E-state index in [1.54, 1.807) is 31.2 Å². The standard InChI is InChI=1S/C27H36FNO9/c1-3-20(31)24(33)19(14-36-27-26(35)25(34)23(28)21(13-30)38-27)29-22(32)12-16-6-10-18(11-7-16)37-17-8-4-15(2)5-9-17/h4-11,19-21,23-27,30-31,33-35H,3,12-14H2,1-2H3,(H,29,32)/t19-,20+,21?,23+,24-,25-,26?,27-/m0/s1. The molecule has 1 aliphatic rings. The highest BCUT2D eigenvalue weighted by molar-refractivity contribution is 5.79. The van der Waals surface area contributed by atoms with E-state index in [0.717, 1.165) is 5.56 Å². The maximum Gasteiger partial charge on any atom is 0.224 e. The Morgan fingerprint density at radius 2 is 1.66 bits per heavy atom. The van der Waals surface area contributed by atoms with E-state index in [4.69, 9.17) is 14.2 Å². The first-order valence-electron chi connectivity index (χ1n) is 12.5. The molecule has 1 fully saturated rings. The van der Waals surface area contributed by atoms with Crippen LogP contribution in [0.25, 0.3) is 0 Å². The number of carbonyl (C=O) groups is 1. The van der Waals surface area contributed by atoms with Crippen LogP contribution >= 0.6 is 0 Å². The van der Waals surface area contributed by atoms with Crippen LogP contribution in [0.4, 0.5) is 4.39 Å². The summed E-state index contributed by atoms with van der Waals surface area (Å²) in [6.45, 7) is 2.44. The van der Waals surface area contributed by atoms with Crippen molar-refractivity contribution in [1.29, 1.82) is 0 Å². The number of benzene rings is 2. The molecule has 1 amide bonds. The van der Waals surface area contributed by atoms with Crippen molar-refractivity contribution in [2.45, 2.75) is 75.7 Å². The molecule has 2 aromatic rings. The van der Waals surface area contributed by atoms with Gasteiger partial charge in [-0.25, -0.2) is 4.39 Å². The Hall–Kier alpha value is -2.64. The van der Waals surface area contributed by atoms with E-state index >= 15 is 0 Å². The molecule has 11 heteroatoms. The van der Waals surface area contributed by atoms with Gasteiger partial charge in [-0.3, -0.25) is 4.79 Å². The number of carbonyl (C=O) groups excluding carboxylic acids is 1. The number of amides is 1. The van der Waals surface area contributed by atoms with Crippen molar-refractivity contribution < 1.29 is 48.9 Å². The molecule has 3 rings (SSSR count). The maximum atomic E-state index is 14.0. The fourth-order valence-electron chi connectivity index (χ4n) is 3.97. The minimum Gasteiger partial charge on any atom is -0.457 e. The van der Waals surface area contributed by atoms with Gasteiger partial charge in [-0.1, -0.05) is 36.8 Å². The fourth-order valence-corrected chi connectivity index (χ4v) is 3.97. The highest BCUT2D eigenvalue weighted by Gasteiger charge is 2.45. The van der Waals surface area contributed by atoms with Crippen LogP contribution in [0.15, 0.2) is 48.5 Å². The summed E-state index contributed by atoms with van der Waals surface area (Å²) in [5, 5.41) is 52.6. The van der Waals surface area contributed by atoms with Gasteiger partial charge in [0.15, 0.2) is 12.5 Å². The zero-order valence-electron chi connectivity index (χ0n) is 21.3. The summed E-state index contributed by atoms with van der Waals surface area (Å²) < 4.78 is 30.4. The lowest BCUT2D eigenvalue weighted by Crippen LogP contribution is -2.59. The number of rotatable bonds is 12. The van der Waals surface area contributed by atoms with E-state index in [-0.39, 0.29) is 12.8 Å². The van der Waals surface area contributed by atoms with Crippen LogP contribution in [0, 0.1) is 6.92 Å². The molecule has 0 spiro atoms. The first-order chi connectivity index (χ1) is 18.1. The molecule has 10 nitrogen and oxygen atoms in total. The molecule has 2 unspecified atom stereocenters. The third kappa shape index (κ3) is 7.93. The lowest BCUT2D eigenvalue weighted by Gasteiger charge is -2.39. The highest BCUT2D eigenvalue weighted by Crippen LogP contribution is 2.25. The number of aliphatic hydroxyl groups is 5. The first-order valence-corrected chi connectivity index (χ1v) is 12.5. The molecule has 8 atom stereocenters.